The second-order valence-corrected chi connectivity index (χ2v) is 10.3. The third-order valence-electron chi connectivity index (χ3n) is 4.21. The standard InChI is InChI=1S/C21H21NO4S2/c1-21(2,3)15-4-8-18(9-5-15)28(25,26)22-16-6-10-19-14(12-16)13-17(27-19)7-11-20(23)24/h4-13,22H,1-3H3,(H,23,24). The van der Waals surface area contributed by atoms with E-state index in [2.05, 4.69) is 25.5 Å². The van der Waals surface area contributed by atoms with Gasteiger partial charge in [0, 0.05) is 21.3 Å². The van der Waals surface area contributed by atoms with Crippen LogP contribution in [0.1, 0.15) is 31.2 Å². The van der Waals surface area contributed by atoms with E-state index in [1.54, 1.807) is 24.3 Å². The van der Waals surface area contributed by atoms with Gasteiger partial charge in [-0.05, 0) is 58.8 Å². The number of benzene rings is 2. The van der Waals surface area contributed by atoms with Crippen LogP contribution in [0.3, 0.4) is 0 Å². The monoisotopic (exact) mass is 415 g/mol. The van der Waals surface area contributed by atoms with E-state index in [4.69, 9.17) is 5.11 Å². The molecule has 1 aromatic heterocycles. The predicted molar refractivity (Wildman–Crippen MR) is 114 cm³/mol. The highest BCUT2D eigenvalue weighted by molar-refractivity contribution is 7.92. The Morgan fingerprint density at radius 1 is 1.07 bits per heavy atom. The third-order valence-corrected chi connectivity index (χ3v) is 6.69. The number of hydrogen-bond donors (Lipinski definition) is 2. The SMILES string of the molecule is CC(C)(C)c1ccc(S(=O)(=O)Nc2ccc3sc(C=CC(=O)O)cc3c2)cc1. The number of nitrogens with one attached hydrogen (secondary N) is 1. The lowest BCUT2D eigenvalue weighted by Gasteiger charge is -2.19. The number of rotatable bonds is 5. The molecule has 2 aromatic carbocycles. The molecule has 0 saturated carbocycles. The van der Waals surface area contributed by atoms with Crippen LogP contribution in [-0.2, 0) is 20.2 Å². The Morgan fingerprint density at radius 2 is 1.75 bits per heavy atom. The molecule has 2 N–H and O–H groups in total. The van der Waals surface area contributed by atoms with Crippen molar-refractivity contribution in [1.29, 1.82) is 0 Å². The van der Waals surface area contributed by atoms with Gasteiger partial charge < -0.3 is 5.11 Å². The smallest absolute Gasteiger partial charge is 0.328 e. The van der Waals surface area contributed by atoms with Gasteiger partial charge in [0.15, 0.2) is 0 Å². The van der Waals surface area contributed by atoms with Crippen LogP contribution in [0.25, 0.3) is 16.2 Å². The van der Waals surface area contributed by atoms with Crippen molar-refractivity contribution in [3.05, 3.63) is 65.0 Å². The summed E-state index contributed by atoms with van der Waals surface area (Å²) in [4.78, 5) is 11.6. The lowest BCUT2D eigenvalue weighted by atomic mass is 9.87. The van der Waals surface area contributed by atoms with Gasteiger partial charge in [-0.2, -0.15) is 0 Å². The molecular weight excluding hydrogens is 394 g/mol. The molecule has 0 amide bonds. The molecule has 0 atom stereocenters. The van der Waals surface area contributed by atoms with Crippen molar-refractivity contribution in [3.8, 4) is 0 Å². The summed E-state index contributed by atoms with van der Waals surface area (Å²) in [5.74, 6) is -1.01. The minimum absolute atomic E-state index is 0.0491. The molecule has 0 bridgehead atoms. The fourth-order valence-corrected chi connectivity index (χ4v) is 4.71. The molecule has 0 saturated heterocycles. The Balaban J connectivity index is 1.85. The lowest BCUT2D eigenvalue weighted by molar-refractivity contribution is -0.131. The van der Waals surface area contributed by atoms with E-state index in [0.29, 0.717) is 5.69 Å². The van der Waals surface area contributed by atoms with Gasteiger partial charge in [0.2, 0.25) is 0 Å². The number of thiophene rings is 1. The quantitative estimate of drug-likeness (QED) is 0.568. The third kappa shape index (κ3) is 4.61. The number of sulfonamides is 1. The summed E-state index contributed by atoms with van der Waals surface area (Å²) >= 11 is 1.44. The molecule has 0 fully saturated rings. The molecule has 5 nitrogen and oxygen atoms in total. The highest BCUT2D eigenvalue weighted by Crippen LogP contribution is 2.30. The number of carboxylic acid groups (broad SMARTS) is 1. The number of carbonyl (C=O) groups is 1. The number of aliphatic carboxylic acids is 1. The Morgan fingerprint density at radius 3 is 2.36 bits per heavy atom. The van der Waals surface area contributed by atoms with Crippen molar-refractivity contribution in [2.24, 2.45) is 0 Å². The second kappa shape index (κ2) is 7.41. The normalized spacial score (nSPS) is 12.5. The summed E-state index contributed by atoms with van der Waals surface area (Å²) < 4.78 is 28.9. The summed E-state index contributed by atoms with van der Waals surface area (Å²) in [5, 5.41) is 9.58. The first-order valence-corrected chi connectivity index (χ1v) is 10.9. The second-order valence-electron chi connectivity index (χ2n) is 7.45. The van der Waals surface area contributed by atoms with Gasteiger partial charge >= 0.3 is 5.97 Å². The first-order chi connectivity index (χ1) is 13.0. The number of hydrogen-bond acceptors (Lipinski definition) is 4. The van der Waals surface area contributed by atoms with Gasteiger partial charge in [-0.15, -0.1) is 11.3 Å². The summed E-state index contributed by atoms with van der Waals surface area (Å²) in [6.45, 7) is 6.22. The van der Waals surface area contributed by atoms with Crippen molar-refractivity contribution in [2.45, 2.75) is 31.1 Å². The van der Waals surface area contributed by atoms with Crippen molar-refractivity contribution in [3.63, 3.8) is 0 Å². The maximum atomic E-state index is 12.7. The van der Waals surface area contributed by atoms with Gasteiger partial charge in [0.1, 0.15) is 0 Å². The van der Waals surface area contributed by atoms with E-state index in [9.17, 15) is 13.2 Å². The molecule has 3 rings (SSSR count). The van der Waals surface area contributed by atoms with Crippen LogP contribution in [0.4, 0.5) is 5.69 Å². The molecule has 0 radical (unpaired) electrons. The van der Waals surface area contributed by atoms with Crippen LogP contribution in [0.2, 0.25) is 0 Å². The zero-order valence-electron chi connectivity index (χ0n) is 15.8. The molecule has 0 unspecified atom stereocenters. The maximum absolute atomic E-state index is 12.7. The van der Waals surface area contributed by atoms with Crippen molar-refractivity contribution in [1.82, 2.24) is 0 Å². The van der Waals surface area contributed by atoms with Crippen LogP contribution < -0.4 is 4.72 Å². The average Bonchev–Trinajstić information content (AvgIpc) is 3.01. The zero-order valence-corrected chi connectivity index (χ0v) is 17.4. The van der Waals surface area contributed by atoms with Crippen molar-refractivity contribution >= 4 is 49.2 Å². The largest absolute Gasteiger partial charge is 0.478 e. The average molecular weight is 416 g/mol. The van der Waals surface area contributed by atoms with Gasteiger partial charge in [-0.25, -0.2) is 13.2 Å². The lowest BCUT2D eigenvalue weighted by Crippen LogP contribution is -2.14. The van der Waals surface area contributed by atoms with Crippen LogP contribution in [0, 0.1) is 0 Å². The van der Waals surface area contributed by atoms with Gasteiger partial charge in [0.05, 0.1) is 4.90 Å². The minimum Gasteiger partial charge on any atom is -0.478 e. The Kier molecular flexibility index (Phi) is 5.32. The van der Waals surface area contributed by atoms with Crippen LogP contribution in [-0.4, -0.2) is 19.5 Å². The summed E-state index contributed by atoms with van der Waals surface area (Å²) in [6, 6.07) is 14.0. The van der Waals surface area contributed by atoms with E-state index in [0.717, 1.165) is 26.6 Å². The molecule has 0 aliphatic carbocycles. The topological polar surface area (TPSA) is 83.5 Å². The number of carboxylic acids is 1. The van der Waals surface area contributed by atoms with Gasteiger partial charge in [-0.3, -0.25) is 4.72 Å². The number of fused-ring (bicyclic) bond motifs is 1. The highest BCUT2D eigenvalue weighted by Gasteiger charge is 2.18. The van der Waals surface area contributed by atoms with E-state index in [-0.39, 0.29) is 10.3 Å². The Labute approximate surface area is 168 Å². The van der Waals surface area contributed by atoms with Gasteiger partial charge in [-0.1, -0.05) is 32.9 Å². The minimum atomic E-state index is -3.70. The summed E-state index contributed by atoms with van der Waals surface area (Å²) in [5.41, 5.74) is 1.47. The summed E-state index contributed by atoms with van der Waals surface area (Å²) in [6.07, 6.45) is 2.60. The fourth-order valence-electron chi connectivity index (χ4n) is 2.71. The molecular formula is C21H21NO4S2. The van der Waals surface area contributed by atoms with E-state index < -0.39 is 16.0 Å². The predicted octanol–water partition coefficient (Wildman–Crippen LogP) is 5.10. The Hall–Kier alpha value is -2.64. The van der Waals surface area contributed by atoms with Crippen LogP contribution in [0.15, 0.2) is 59.5 Å². The molecule has 28 heavy (non-hydrogen) atoms. The first kappa shape index (κ1) is 20.1. The van der Waals surface area contributed by atoms with E-state index in [1.165, 1.54) is 17.4 Å². The molecule has 0 aliphatic heterocycles. The molecule has 7 heteroatoms. The van der Waals surface area contributed by atoms with Crippen LogP contribution >= 0.6 is 11.3 Å². The van der Waals surface area contributed by atoms with Gasteiger partial charge in [0.25, 0.3) is 10.0 Å². The Bertz CT molecular complexity index is 1150. The molecule has 3 aromatic rings. The first-order valence-electron chi connectivity index (χ1n) is 8.62. The van der Waals surface area contributed by atoms with E-state index >= 15 is 0 Å². The van der Waals surface area contributed by atoms with Crippen molar-refractivity contribution < 1.29 is 18.3 Å². The van der Waals surface area contributed by atoms with Crippen molar-refractivity contribution in [2.75, 3.05) is 4.72 Å². The fraction of sp³-hybridized carbons (Fsp3) is 0.190. The van der Waals surface area contributed by atoms with Crippen LogP contribution in [0.5, 0.6) is 0 Å². The van der Waals surface area contributed by atoms with E-state index in [1.807, 2.05) is 24.3 Å². The molecule has 1 heterocycles. The maximum Gasteiger partial charge on any atom is 0.328 e. The highest BCUT2D eigenvalue weighted by atomic mass is 32.2. The molecule has 0 spiro atoms. The molecule has 0 aliphatic rings. The number of anilines is 1. The zero-order chi connectivity index (χ0) is 20.5. The molecule has 146 valence electrons. The summed E-state index contributed by atoms with van der Waals surface area (Å²) in [7, 11) is -3.70.